The van der Waals surface area contributed by atoms with E-state index in [2.05, 4.69) is 26.6 Å². The molecule has 7 nitrogen and oxygen atoms in total. The molecule has 0 saturated carbocycles. The molecule has 0 spiro atoms. The molecule has 3 aromatic rings. The molecule has 7 heteroatoms. The van der Waals surface area contributed by atoms with Crippen molar-refractivity contribution < 1.29 is 19.3 Å². The summed E-state index contributed by atoms with van der Waals surface area (Å²) in [7, 11) is 0. The summed E-state index contributed by atoms with van der Waals surface area (Å²) in [5.41, 5.74) is 1.24. The third-order valence-electron chi connectivity index (χ3n) is 5.80. The SMILES string of the molecule is Cc1ccc(OCC2(O)COCCN(Cc3cccc(OCCn4ccnc4C)c3)C2)cc1. The zero-order chi connectivity index (χ0) is 23.1. The zero-order valence-electron chi connectivity index (χ0n) is 19.4. The third-order valence-corrected chi connectivity index (χ3v) is 5.80. The van der Waals surface area contributed by atoms with Crippen LogP contribution >= 0.6 is 0 Å². The van der Waals surface area contributed by atoms with Gasteiger partial charge in [0.15, 0.2) is 0 Å². The van der Waals surface area contributed by atoms with Crippen molar-refractivity contribution in [3.05, 3.63) is 77.9 Å². The number of imidazole rings is 1. The molecule has 1 N–H and O–H groups in total. The molecule has 176 valence electrons. The number of benzene rings is 2. The molecule has 2 heterocycles. The molecule has 1 aromatic heterocycles. The molecule has 0 radical (unpaired) electrons. The van der Waals surface area contributed by atoms with Crippen molar-refractivity contribution in [3.8, 4) is 11.5 Å². The normalized spacial score (nSPS) is 19.2. The van der Waals surface area contributed by atoms with Crippen LogP contribution in [0.5, 0.6) is 11.5 Å². The summed E-state index contributed by atoms with van der Waals surface area (Å²) in [5.74, 6) is 2.57. The van der Waals surface area contributed by atoms with Gasteiger partial charge in [-0.15, -0.1) is 0 Å². The predicted octanol–water partition coefficient (Wildman–Crippen LogP) is 3.22. The maximum Gasteiger partial charge on any atom is 0.134 e. The number of rotatable bonds is 9. The molecule has 33 heavy (non-hydrogen) atoms. The number of aryl methyl sites for hydroxylation is 2. The molecule has 0 aliphatic carbocycles. The summed E-state index contributed by atoms with van der Waals surface area (Å²) in [6, 6.07) is 16.0. The summed E-state index contributed by atoms with van der Waals surface area (Å²) < 4.78 is 19.6. The van der Waals surface area contributed by atoms with Crippen LogP contribution in [-0.2, 0) is 17.8 Å². The van der Waals surface area contributed by atoms with Gasteiger partial charge in [-0.1, -0.05) is 29.8 Å². The maximum absolute atomic E-state index is 11.2. The minimum absolute atomic E-state index is 0.184. The molecule has 1 atom stereocenters. The first-order valence-electron chi connectivity index (χ1n) is 11.4. The van der Waals surface area contributed by atoms with Crippen LogP contribution in [0.1, 0.15) is 17.0 Å². The van der Waals surface area contributed by atoms with Crippen LogP contribution in [0.3, 0.4) is 0 Å². The first-order valence-corrected chi connectivity index (χ1v) is 11.4. The number of hydrogen-bond acceptors (Lipinski definition) is 6. The van der Waals surface area contributed by atoms with Gasteiger partial charge in [0, 0.05) is 32.0 Å². The molecule has 4 rings (SSSR count). The summed E-state index contributed by atoms with van der Waals surface area (Å²) in [6.07, 6.45) is 3.76. The number of nitrogens with zero attached hydrogens (tertiary/aromatic N) is 3. The number of aliphatic hydroxyl groups is 1. The van der Waals surface area contributed by atoms with Gasteiger partial charge < -0.3 is 23.9 Å². The fourth-order valence-electron chi connectivity index (χ4n) is 3.96. The fraction of sp³-hybridized carbons (Fsp3) is 0.423. The zero-order valence-corrected chi connectivity index (χ0v) is 19.4. The van der Waals surface area contributed by atoms with Gasteiger partial charge in [0.1, 0.15) is 36.1 Å². The Labute approximate surface area is 195 Å². The van der Waals surface area contributed by atoms with E-state index in [4.69, 9.17) is 14.2 Å². The van der Waals surface area contributed by atoms with Crippen molar-refractivity contribution in [1.29, 1.82) is 0 Å². The lowest BCUT2D eigenvalue weighted by Gasteiger charge is -2.30. The molecule has 0 amide bonds. The molecular weight excluding hydrogens is 418 g/mol. The molecule has 1 aliphatic rings. The first-order chi connectivity index (χ1) is 16.0. The second-order valence-electron chi connectivity index (χ2n) is 8.75. The van der Waals surface area contributed by atoms with Crippen LogP contribution in [0.15, 0.2) is 60.9 Å². The highest BCUT2D eigenvalue weighted by atomic mass is 16.5. The van der Waals surface area contributed by atoms with E-state index >= 15 is 0 Å². The Hall–Kier alpha value is -2.87. The van der Waals surface area contributed by atoms with Gasteiger partial charge in [0.05, 0.1) is 19.8 Å². The van der Waals surface area contributed by atoms with Crippen LogP contribution < -0.4 is 9.47 Å². The van der Waals surface area contributed by atoms with E-state index in [-0.39, 0.29) is 13.2 Å². The van der Waals surface area contributed by atoms with Crippen LogP contribution in [0, 0.1) is 13.8 Å². The molecule has 0 bridgehead atoms. The lowest BCUT2D eigenvalue weighted by atomic mass is 10.1. The fourth-order valence-corrected chi connectivity index (χ4v) is 3.96. The van der Waals surface area contributed by atoms with E-state index < -0.39 is 5.60 Å². The topological polar surface area (TPSA) is 69.0 Å². The average molecular weight is 452 g/mol. The highest BCUT2D eigenvalue weighted by Crippen LogP contribution is 2.20. The lowest BCUT2D eigenvalue weighted by Crippen LogP contribution is -2.48. The van der Waals surface area contributed by atoms with E-state index in [9.17, 15) is 5.11 Å². The van der Waals surface area contributed by atoms with Gasteiger partial charge >= 0.3 is 0 Å². The lowest BCUT2D eigenvalue weighted by molar-refractivity contribution is -0.0646. The number of β-amino-alcohol motifs (C(OH)–C–C–N with tert-alkyl or cyclic N) is 1. The molecule has 1 fully saturated rings. The van der Waals surface area contributed by atoms with E-state index in [0.717, 1.165) is 36.0 Å². The van der Waals surface area contributed by atoms with Crippen LogP contribution in [0.2, 0.25) is 0 Å². The second kappa shape index (κ2) is 10.8. The van der Waals surface area contributed by atoms with Gasteiger partial charge in [0.2, 0.25) is 0 Å². The molecular formula is C26H33N3O4. The van der Waals surface area contributed by atoms with Crippen LogP contribution in [0.4, 0.5) is 0 Å². The number of hydrogen-bond donors (Lipinski definition) is 1. The smallest absolute Gasteiger partial charge is 0.134 e. The molecule has 1 saturated heterocycles. The minimum atomic E-state index is -1.07. The van der Waals surface area contributed by atoms with Crippen molar-refractivity contribution in [2.24, 2.45) is 0 Å². The first kappa shape index (κ1) is 23.3. The van der Waals surface area contributed by atoms with Gasteiger partial charge in [-0.3, -0.25) is 4.90 Å². The van der Waals surface area contributed by atoms with Gasteiger partial charge in [0.25, 0.3) is 0 Å². The number of ether oxygens (including phenoxy) is 3. The molecule has 2 aromatic carbocycles. The van der Waals surface area contributed by atoms with Crippen molar-refractivity contribution in [3.63, 3.8) is 0 Å². The van der Waals surface area contributed by atoms with Crippen molar-refractivity contribution in [1.82, 2.24) is 14.5 Å². The Morgan fingerprint density at radius 3 is 2.73 bits per heavy atom. The Balaban J connectivity index is 1.32. The third kappa shape index (κ3) is 6.81. The van der Waals surface area contributed by atoms with E-state index in [0.29, 0.717) is 26.3 Å². The molecule has 1 aliphatic heterocycles. The highest BCUT2D eigenvalue weighted by molar-refractivity contribution is 5.29. The van der Waals surface area contributed by atoms with E-state index in [1.807, 2.05) is 56.4 Å². The Bertz CT molecular complexity index is 1020. The second-order valence-corrected chi connectivity index (χ2v) is 8.75. The van der Waals surface area contributed by atoms with Crippen LogP contribution in [-0.4, -0.2) is 64.7 Å². The summed E-state index contributed by atoms with van der Waals surface area (Å²) >= 11 is 0. The minimum Gasteiger partial charge on any atom is -0.492 e. The monoisotopic (exact) mass is 451 g/mol. The van der Waals surface area contributed by atoms with Gasteiger partial charge in [-0.25, -0.2) is 4.98 Å². The Morgan fingerprint density at radius 2 is 1.94 bits per heavy atom. The van der Waals surface area contributed by atoms with Crippen LogP contribution in [0.25, 0.3) is 0 Å². The van der Waals surface area contributed by atoms with Crippen molar-refractivity contribution in [2.45, 2.75) is 32.5 Å². The van der Waals surface area contributed by atoms with Gasteiger partial charge in [-0.05, 0) is 43.7 Å². The predicted molar refractivity (Wildman–Crippen MR) is 127 cm³/mol. The summed E-state index contributed by atoms with van der Waals surface area (Å²) in [6.45, 7) is 8.30. The highest BCUT2D eigenvalue weighted by Gasteiger charge is 2.33. The summed E-state index contributed by atoms with van der Waals surface area (Å²) in [5, 5.41) is 11.2. The maximum atomic E-state index is 11.2. The Kier molecular flexibility index (Phi) is 7.65. The standard InChI is InChI=1S/C26H33N3O4/c1-21-6-8-24(9-7-21)33-20-26(30)18-28(12-14-31-19-26)17-23-4-3-5-25(16-23)32-15-13-29-11-10-27-22(29)2/h3-11,16,30H,12-15,17-20H2,1-2H3. The largest absolute Gasteiger partial charge is 0.492 e. The van der Waals surface area contributed by atoms with E-state index in [1.54, 1.807) is 6.20 Å². The van der Waals surface area contributed by atoms with E-state index in [1.165, 1.54) is 5.56 Å². The van der Waals surface area contributed by atoms with Crippen molar-refractivity contribution >= 4 is 0 Å². The van der Waals surface area contributed by atoms with Crippen molar-refractivity contribution in [2.75, 3.05) is 39.5 Å². The molecule has 1 unspecified atom stereocenters. The quantitative estimate of drug-likeness (QED) is 0.539. The Morgan fingerprint density at radius 1 is 1.09 bits per heavy atom. The summed E-state index contributed by atoms with van der Waals surface area (Å²) in [4.78, 5) is 6.44. The van der Waals surface area contributed by atoms with Gasteiger partial charge in [-0.2, -0.15) is 0 Å². The number of aromatic nitrogens is 2. The average Bonchev–Trinajstić information content (AvgIpc) is 3.11.